The van der Waals surface area contributed by atoms with Gasteiger partial charge in [-0.1, -0.05) is 25.4 Å². The number of hydrogen-bond donors (Lipinski definition) is 1. The molecule has 7 heteroatoms. The highest BCUT2D eigenvalue weighted by atomic mass is 35.5. The number of nitrogen functional groups attached to an aromatic ring is 1. The van der Waals surface area contributed by atoms with Gasteiger partial charge in [-0.05, 0) is 24.0 Å². The van der Waals surface area contributed by atoms with Crippen LogP contribution in [0.1, 0.15) is 20.3 Å². The number of anilines is 1. The smallest absolute Gasteiger partial charge is 0.246 e. The third kappa shape index (κ3) is 2.70. The maximum atomic E-state index is 13.9. The van der Waals surface area contributed by atoms with E-state index in [4.69, 9.17) is 17.3 Å². The van der Waals surface area contributed by atoms with Crippen LogP contribution in [0, 0.1) is 11.2 Å². The molecule has 0 saturated carbocycles. The molecule has 0 spiro atoms. The molecule has 0 aliphatic carbocycles. The fourth-order valence-corrected chi connectivity index (χ4v) is 4.21. The average molecular weight is 307 g/mol. The van der Waals surface area contributed by atoms with Crippen molar-refractivity contribution in [2.24, 2.45) is 5.41 Å². The van der Waals surface area contributed by atoms with Gasteiger partial charge in [0, 0.05) is 18.8 Å². The van der Waals surface area contributed by atoms with E-state index in [-0.39, 0.29) is 16.1 Å². The lowest BCUT2D eigenvalue weighted by atomic mass is 9.93. The third-order valence-electron chi connectivity index (χ3n) is 3.28. The topological polar surface area (TPSA) is 63.4 Å². The summed E-state index contributed by atoms with van der Waals surface area (Å²) in [5, 5.41) is -0.281. The van der Waals surface area contributed by atoms with Crippen LogP contribution in [0.3, 0.4) is 0 Å². The van der Waals surface area contributed by atoms with E-state index in [1.165, 1.54) is 10.4 Å². The summed E-state index contributed by atoms with van der Waals surface area (Å²) in [6, 6.07) is 2.31. The van der Waals surface area contributed by atoms with Gasteiger partial charge in [0.05, 0.1) is 5.02 Å². The zero-order valence-corrected chi connectivity index (χ0v) is 12.4. The number of hydrogen-bond acceptors (Lipinski definition) is 3. The first-order valence-electron chi connectivity index (χ1n) is 5.88. The van der Waals surface area contributed by atoms with Crippen LogP contribution in [0.5, 0.6) is 0 Å². The molecule has 2 N–H and O–H groups in total. The number of halogens is 2. The molecule has 0 aromatic heterocycles. The average Bonchev–Trinajstić information content (AvgIpc) is 2.64. The predicted octanol–water partition coefficient (Wildman–Crippen LogP) is 2.48. The molecule has 1 aliphatic heterocycles. The Balaban J connectivity index is 2.47. The van der Waals surface area contributed by atoms with Crippen LogP contribution < -0.4 is 5.73 Å². The van der Waals surface area contributed by atoms with Crippen molar-refractivity contribution in [1.82, 2.24) is 4.31 Å². The van der Waals surface area contributed by atoms with Crippen molar-refractivity contribution in [3.63, 3.8) is 0 Å². The number of sulfonamides is 1. The standard InChI is InChI=1S/C12H16ClFN2O2S/c1-12(2)3-4-16(7-12)19(17,18)10-6-8(15)5-9(13)11(10)14/h5-6H,3-4,7,15H2,1-2H3. The SMILES string of the molecule is CC1(C)CCN(S(=O)(=O)c2cc(N)cc(Cl)c2F)C1. The molecule has 19 heavy (non-hydrogen) atoms. The van der Waals surface area contributed by atoms with Crippen molar-refractivity contribution >= 4 is 27.3 Å². The van der Waals surface area contributed by atoms with Gasteiger partial charge in [-0.15, -0.1) is 0 Å². The zero-order valence-electron chi connectivity index (χ0n) is 10.8. The summed E-state index contributed by atoms with van der Waals surface area (Å²) in [4.78, 5) is -0.449. The molecule has 1 heterocycles. The molecule has 1 aromatic rings. The second-order valence-corrected chi connectivity index (χ2v) is 7.88. The Labute approximate surface area is 117 Å². The first-order valence-corrected chi connectivity index (χ1v) is 7.70. The first kappa shape index (κ1) is 14.6. The van der Waals surface area contributed by atoms with Gasteiger partial charge < -0.3 is 5.73 Å². The summed E-state index contributed by atoms with van der Waals surface area (Å²) in [5.74, 6) is -0.944. The molecule has 4 nitrogen and oxygen atoms in total. The van der Waals surface area contributed by atoms with Gasteiger partial charge in [-0.3, -0.25) is 0 Å². The molecular weight excluding hydrogens is 291 g/mol. The molecule has 0 unspecified atom stereocenters. The molecule has 2 rings (SSSR count). The molecule has 106 valence electrons. The Hall–Kier alpha value is -0.850. The second kappa shape index (κ2) is 4.61. The van der Waals surface area contributed by atoms with Gasteiger partial charge >= 0.3 is 0 Å². The van der Waals surface area contributed by atoms with Crippen molar-refractivity contribution in [3.8, 4) is 0 Å². The maximum Gasteiger partial charge on any atom is 0.246 e. The van der Waals surface area contributed by atoms with Crippen molar-refractivity contribution in [1.29, 1.82) is 0 Å². The van der Waals surface area contributed by atoms with E-state index in [0.29, 0.717) is 13.1 Å². The Morgan fingerprint density at radius 3 is 2.58 bits per heavy atom. The molecule has 0 radical (unpaired) electrons. The number of rotatable bonds is 2. The summed E-state index contributed by atoms with van der Waals surface area (Å²) >= 11 is 5.65. The largest absolute Gasteiger partial charge is 0.399 e. The van der Waals surface area contributed by atoms with Crippen molar-refractivity contribution in [2.45, 2.75) is 25.2 Å². The van der Waals surface area contributed by atoms with E-state index in [1.807, 2.05) is 13.8 Å². The lowest BCUT2D eigenvalue weighted by Crippen LogP contribution is -2.31. The summed E-state index contributed by atoms with van der Waals surface area (Å²) in [7, 11) is -3.89. The molecule has 0 amide bonds. The molecule has 1 aliphatic rings. The molecule has 1 aromatic carbocycles. The van der Waals surface area contributed by atoms with Crippen molar-refractivity contribution < 1.29 is 12.8 Å². The highest BCUT2D eigenvalue weighted by Crippen LogP contribution is 2.35. The molecule has 0 atom stereocenters. The van der Waals surface area contributed by atoms with Crippen molar-refractivity contribution in [3.05, 3.63) is 23.0 Å². The fourth-order valence-electron chi connectivity index (χ4n) is 2.18. The predicted molar refractivity (Wildman–Crippen MR) is 73.0 cm³/mol. The van der Waals surface area contributed by atoms with E-state index in [1.54, 1.807) is 0 Å². The maximum absolute atomic E-state index is 13.9. The van der Waals surface area contributed by atoms with Crippen LogP contribution in [-0.4, -0.2) is 25.8 Å². The van der Waals surface area contributed by atoms with Crippen LogP contribution >= 0.6 is 11.6 Å². The van der Waals surface area contributed by atoms with E-state index in [0.717, 1.165) is 12.5 Å². The highest BCUT2D eigenvalue weighted by Gasteiger charge is 2.38. The number of benzene rings is 1. The van der Waals surface area contributed by atoms with E-state index in [9.17, 15) is 12.8 Å². The van der Waals surface area contributed by atoms with Gasteiger partial charge in [0.15, 0.2) is 5.82 Å². The highest BCUT2D eigenvalue weighted by molar-refractivity contribution is 7.89. The van der Waals surface area contributed by atoms with Crippen LogP contribution in [0.4, 0.5) is 10.1 Å². The third-order valence-corrected chi connectivity index (χ3v) is 5.40. The minimum Gasteiger partial charge on any atom is -0.399 e. The zero-order chi connectivity index (χ0) is 14.4. The molecule has 1 fully saturated rings. The van der Waals surface area contributed by atoms with Crippen molar-refractivity contribution in [2.75, 3.05) is 18.8 Å². The van der Waals surface area contributed by atoms with Gasteiger partial charge in [0.25, 0.3) is 0 Å². The lowest BCUT2D eigenvalue weighted by molar-refractivity contribution is 0.374. The quantitative estimate of drug-likeness (QED) is 0.854. The normalized spacial score (nSPS) is 19.8. The number of nitrogens with zero attached hydrogens (tertiary/aromatic N) is 1. The molecular formula is C12H16ClFN2O2S. The summed E-state index contributed by atoms with van der Waals surface area (Å²) < 4.78 is 40.0. The minimum absolute atomic E-state index is 0.104. The second-order valence-electron chi connectivity index (χ2n) is 5.57. The van der Waals surface area contributed by atoms with Gasteiger partial charge in [0.2, 0.25) is 10.0 Å². The summed E-state index contributed by atoms with van der Waals surface area (Å²) in [6.07, 6.45) is 0.740. The van der Waals surface area contributed by atoms with Gasteiger partial charge in [-0.25, -0.2) is 12.8 Å². The fraction of sp³-hybridized carbons (Fsp3) is 0.500. The van der Waals surface area contributed by atoms with E-state index >= 15 is 0 Å². The Kier molecular flexibility index (Phi) is 3.53. The first-order chi connectivity index (χ1) is 8.63. The lowest BCUT2D eigenvalue weighted by Gasteiger charge is -2.20. The number of nitrogens with two attached hydrogens (primary N) is 1. The van der Waals surface area contributed by atoms with Crippen LogP contribution in [0.2, 0.25) is 5.02 Å². The van der Waals surface area contributed by atoms with E-state index in [2.05, 4.69) is 0 Å². The van der Waals surface area contributed by atoms with Crippen LogP contribution in [0.25, 0.3) is 0 Å². The Morgan fingerprint density at radius 2 is 2.05 bits per heavy atom. The molecule has 1 saturated heterocycles. The monoisotopic (exact) mass is 306 g/mol. The van der Waals surface area contributed by atoms with Crippen LogP contribution in [0.15, 0.2) is 17.0 Å². The summed E-state index contributed by atoms with van der Waals surface area (Å²) in [5.41, 5.74) is 5.57. The Morgan fingerprint density at radius 1 is 1.42 bits per heavy atom. The molecule has 0 bridgehead atoms. The van der Waals surface area contributed by atoms with Gasteiger partial charge in [-0.2, -0.15) is 4.31 Å². The van der Waals surface area contributed by atoms with Gasteiger partial charge in [0.1, 0.15) is 4.90 Å². The minimum atomic E-state index is -3.89. The van der Waals surface area contributed by atoms with Crippen LogP contribution in [-0.2, 0) is 10.0 Å². The van der Waals surface area contributed by atoms with E-state index < -0.39 is 20.7 Å². The summed E-state index contributed by atoms with van der Waals surface area (Å²) in [6.45, 7) is 4.69. The Bertz CT molecular complexity index is 616.